The molecule has 0 fully saturated rings. The number of ether oxygens (including phenoxy) is 3. The summed E-state index contributed by atoms with van der Waals surface area (Å²) < 4.78 is 16.7. The Balaban J connectivity index is 4.42. The summed E-state index contributed by atoms with van der Waals surface area (Å²) in [6.45, 7) is 6.43. The van der Waals surface area contributed by atoms with E-state index in [0.717, 1.165) is 109 Å². The Kier molecular flexibility index (Phi) is 46.9. The van der Waals surface area contributed by atoms with Crippen molar-refractivity contribution >= 4 is 17.9 Å². The molecule has 6 nitrogen and oxygen atoms in total. The molecule has 0 heterocycles. The minimum atomic E-state index is -0.794. The van der Waals surface area contributed by atoms with Gasteiger partial charge in [-0.1, -0.05) is 196 Å². The fourth-order valence-electron chi connectivity index (χ4n) is 6.88. The van der Waals surface area contributed by atoms with Crippen molar-refractivity contribution in [1.29, 1.82) is 0 Å². The van der Waals surface area contributed by atoms with Gasteiger partial charge in [-0.3, -0.25) is 14.4 Å². The maximum Gasteiger partial charge on any atom is 0.306 e. The van der Waals surface area contributed by atoms with Gasteiger partial charge in [-0.05, 0) is 96.3 Å². The molecule has 1 atom stereocenters. The SMILES string of the molecule is CC\C=C/C=C\C=C/CCCCCCCC(=O)OC(COC(=O)CCCCC/C=C\CCCCCCCC)COC(=O)CCCCCCCCC/C=C\C/C=C\CCCCC. The smallest absolute Gasteiger partial charge is 0.306 e. The average Bonchev–Trinajstić information content (AvgIpc) is 3.26. The lowest BCUT2D eigenvalue weighted by atomic mass is 10.1. The van der Waals surface area contributed by atoms with Gasteiger partial charge in [0.1, 0.15) is 13.2 Å². The molecule has 0 spiro atoms. The fourth-order valence-corrected chi connectivity index (χ4v) is 6.88. The van der Waals surface area contributed by atoms with E-state index in [1.807, 2.05) is 0 Å². The van der Waals surface area contributed by atoms with E-state index in [1.165, 1.54) is 89.9 Å². The lowest BCUT2D eigenvalue weighted by Crippen LogP contribution is -2.30. The van der Waals surface area contributed by atoms with Crippen LogP contribution in [0.25, 0.3) is 0 Å². The zero-order valence-corrected chi connectivity index (χ0v) is 39.9. The molecule has 0 aliphatic heterocycles. The molecule has 0 saturated carbocycles. The number of unbranched alkanes of at least 4 members (excludes halogenated alkanes) is 24. The molecule has 0 radical (unpaired) electrons. The molecule has 0 aromatic carbocycles. The second kappa shape index (κ2) is 49.5. The topological polar surface area (TPSA) is 78.9 Å². The highest BCUT2D eigenvalue weighted by Gasteiger charge is 2.19. The van der Waals surface area contributed by atoms with E-state index in [1.54, 1.807) is 0 Å². The quantitative estimate of drug-likeness (QED) is 0.0200. The summed E-state index contributed by atoms with van der Waals surface area (Å²) in [6, 6.07) is 0. The Hall–Kier alpha value is -3.15. The maximum absolute atomic E-state index is 12.8. The highest BCUT2D eigenvalue weighted by molar-refractivity contribution is 5.71. The monoisotopic (exact) mass is 851 g/mol. The normalized spacial score (nSPS) is 12.6. The fraction of sp³-hybridized carbons (Fsp3) is 0.727. The predicted octanol–water partition coefficient (Wildman–Crippen LogP) is 16.6. The summed E-state index contributed by atoms with van der Waals surface area (Å²) in [5.74, 6) is -0.937. The minimum Gasteiger partial charge on any atom is -0.462 e. The van der Waals surface area contributed by atoms with Gasteiger partial charge >= 0.3 is 17.9 Å². The van der Waals surface area contributed by atoms with Gasteiger partial charge in [-0.25, -0.2) is 0 Å². The van der Waals surface area contributed by atoms with E-state index in [2.05, 4.69) is 93.7 Å². The standard InChI is InChI=1S/C55H94O6/c1-4-7-10-13-16-19-22-25-26-27-28-31-33-36-39-42-45-48-54(57)60-51-52(61-55(58)49-46-43-40-37-34-30-24-21-18-15-12-9-6-3)50-59-53(56)47-44-41-38-35-32-29-23-20-17-14-11-8-5-2/h9,12,15-16,18-19,21,24-26,29,32,52H,4-8,10-11,13-14,17,20,22-23,27-28,30-31,33-51H2,1-3H3/b12-9-,18-15-,19-16-,24-21-,26-25-,32-29-. The molecule has 0 aromatic rings. The average molecular weight is 851 g/mol. The van der Waals surface area contributed by atoms with Crippen molar-refractivity contribution in [3.63, 3.8) is 0 Å². The van der Waals surface area contributed by atoms with E-state index in [-0.39, 0.29) is 31.1 Å². The summed E-state index contributed by atoms with van der Waals surface area (Å²) in [6.07, 6.45) is 61.7. The third-order valence-corrected chi connectivity index (χ3v) is 10.7. The molecule has 0 aliphatic carbocycles. The van der Waals surface area contributed by atoms with E-state index >= 15 is 0 Å². The van der Waals surface area contributed by atoms with Crippen molar-refractivity contribution in [3.8, 4) is 0 Å². The van der Waals surface area contributed by atoms with Crippen molar-refractivity contribution in [2.45, 2.75) is 245 Å². The van der Waals surface area contributed by atoms with Crippen LogP contribution in [-0.4, -0.2) is 37.2 Å². The molecular formula is C55H94O6. The third-order valence-electron chi connectivity index (χ3n) is 10.7. The summed E-state index contributed by atoms with van der Waals surface area (Å²) in [7, 11) is 0. The highest BCUT2D eigenvalue weighted by Crippen LogP contribution is 2.14. The van der Waals surface area contributed by atoms with Crippen LogP contribution in [0.3, 0.4) is 0 Å². The van der Waals surface area contributed by atoms with Gasteiger partial charge in [0.15, 0.2) is 6.10 Å². The number of rotatable bonds is 45. The van der Waals surface area contributed by atoms with Gasteiger partial charge in [0.25, 0.3) is 0 Å². The van der Waals surface area contributed by atoms with Crippen LogP contribution in [0.1, 0.15) is 239 Å². The summed E-state index contributed by atoms with van der Waals surface area (Å²) in [5, 5.41) is 0. The summed E-state index contributed by atoms with van der Waals surface area (Å²) in [5.41, 5.74) is 0. The molecule has 0 N–H and O–H groups in total. The van der Waals surface area contributed by atoms with Crippen LogP contribution < -0.4 is 0 Å². The molecule has 350 valence electrons. The first-order chi connectivity index (χ1) is 30.0. The lowest BCUT2D eigenvalue weighted by Gasteiger charge is -2.18. The zero-order chi connectivity index (χ0) is 44.4. The van der Waals surface area contributed by atoms with Gasteiger partial charge in [-0.15, -0.1) is 0 Å². The van der Waals surface area contributed by atoms with Gasteiger partial charge < -0.3 is 14.2 Å². The van der Waals surface area contributed by atoms with E-state index in [0.29, 0.717) is 19.3 Å². The molecular weight excluding hydrogens is 757 g/mol. The van der Waals surface area contributed by atoms with Crippen LogP contribution in [0.15, 0.2) is 72.9 Å². The van der Waals surface area contributed by atoms with Crippen LogP contribution in [0.2, 0.25) is 0 Å². The van der Waals surface area contributed by atoms with Gasteiger partial charge in [-0.2, -0.15) is 0 Å². The van der Waals surface area contributed by atoms with Crippen molar-refractivity contribution in [3.05, 3.63) is 72.9 Å². The molecule has 0 amide bonds. The van der Waals surface area contributed by atoms with Gasteiger partial charge in [0.05, 0.1) is 0 Å². The summed E-state index contributed by atoms with van der Waals surface area (Å²) in [4.78, 5) is 37.9. The van der Waals surface area contributed by atoms with Crippen LogP contribution >= 0.6 is 0 Å². The predicted molar refractivity (Wildman–Crippen MR) is 261 cm³/mol. The first kappa shape index (κ1) is 57.9. The molecule has 61 heavy (non-hydrogen) atoms. The molecule has 6 heteroatoms. The highest BCUT2D eigenvalue weighted by atomic mass is 16.6. The Morgan fingerprint density at radius 1 is 0.361 bits per heavy atom. The molecule has 0 bridgehead atoms. The lowest BCUT2D eigenvalue weighted by molar-refractivity contribution is -0.167. The molecule has 0 rings (SSSR count). The number of allylic oxidation sites excluding steroid dienone is 12. The van der Waals surface area contributed by atoms with E-state index < -0.39 is 6.10 Å². The number of hydrogen-bond donors (Lipinski definition) is 0. The number of carbonyl (C=O) groups excluding carboxylic acids is 3. The molecule has 0 aromatic heterocycles. The van der Waals surface area contributed by atoms with Crippen LogP contribution in [-0.2, 0) is 28.6 Å². The van der Waals surface area contributed by atoms with Crippen LogP contribution in [0.5, 0.6) is 0 Å². The van der Waals surface area contributed by atoms with Crippen molar-refractivity contribution < 1.29 is 28.6 Å². The van der Waals surface area contributed by atoms with Crippen LogP contribution in [0.4, 0.5) is 0 Å². The Bertz CT molecular complexity index is 1160. The van der Waals surface area contributed by atoms with Crippen molar-refractivity contribution in [2.24, 2.45) is 0 Å². The Labute approximate surface area is 376 Å². The second-order valence-corrected chi connectivity index (χ2v) is 16.7. The third kappa shape index (κ3) is 47.7. The molecule has 0 aliphatic rings. The Morgan fingerprint density at radius 3 is 1.18 bits per heavy atom. The summed E-state index contributed by atoms with van der Waals surface area (Å²) >= 11 is 0. The molecule has 0 saturated heterocycles. The second-order valence-electron chi connectivity index (χ2n) is 16.7. The van der Waals surface area contributed by atoms with Gasteiger partial charge in [0.2, 0.25) is 0 Å². The van der Waals surface area contributed by atoms with E-state index in [4.69, 9.17) is 14.2 Å². The molecule has 1 unspecified atom stereocenters. The van der Waals surface area contributed by atoms with Gasteiger partial charge in [0, 0.05) is 19.3 Å². The number of carbonyl (C=O) groups is 3. The first-order valence-electron chi connectivity index (χ1n) is 25.5. The largest absolute Gasteiger partial charge is 0.462 e. The van der Waals surface area contributed by atoms with Crippen molar-refractivity contribution in [2.75, 3.05) is 13.2 Å². The van der Waals surface area contributed by atoms with E-state index in [9.17, 15) is 14.4 Å². The first-order valence-corrected chi connectivity index (χ1v) is 25.5. The Morgan fingerprint density at radius 2 is 0.705 bits per heavy atom. The maximum atomic E-state index is 12.8. The van der Waals surface area contributed by atoms with Crippen LogP contribution in [0, 0.1) is 0 Å². The number of hydrogen-bond acceptors (Lipinski definition) is 6. The van der Waals surface area contributed by atoms with Crippen molar-refractivity contribution in [1.82, 2.24) is 0 Å². The minimum absolute atomic E-state index is 0.0930. The number of esters is 3. The zero-order valence-electron chi connectivity index (χ0n) is 39.9.